The van der Waals surface area contributed by atoms with Crippen LogP contribution in [0.25, 0.3) is 16.7 Å². The lowest BCUT2D eigenvalue weighted by atomic mass is 9.91. The van der Waals surface area contributed by atoms with Gasteiger partial charge in [-0.2, -0.15) is 9.49 Å². The number of benzene rings is 1. The smallest absolute Gasteiger partial charge is 0.264 e. The van der Waals surface area contributed by atoms with Gasteiger partial charge >= 0.3 is 0 Å². The summed E-state index contributed by atoms with van der Waals surface area (Å²) >= 11 is 0. The fourth-order valence-electron chi connectivity index (χ4n) is 4.69. The predicted octanol–water partition coefficient (Wildman–Crippen LogP) is 2.48. The molecule has 1 aliphatic heterocycles. The highest BCUT2D eigenvalue weighted by Crippen LogP contribution is 2.27. The molecule has 1 aliphatic rings. The molecule has 1 fully saturated rings. The molecule has 5 rings (SSSR count). The lowest BCUT2D eigenvalue weighted by Crippen LogP contribution is -2.50. The molecular weight excluding hydrogens is 503 g/mol. The Morgan fingerprint density at radius 3 is 2.50 bits per heavy atom. The summed E-state index contributed by atoms with van der Waals surface area (Å²) in [7, 11) is 0. The first-order chi connectivity index (χ1) is 18.1. The van der Waals surface area contributed by atoms with Crippen molar-refractivity contribution in [2.45, 2.75) is 50.8 Å². The number of aryl methyl sites for hydroxylation is 1. The number of aromatic nitrogens is 6. The van der Waals surface area contributed by atoms with E-state index in [0.717, 1.165) is 28.2 Å². The van der Waals surface area contributed by atoms with Crippen LogP contribution < -0.4 is 5.56 Å². The molecule has 0 aliphatic carbocycles. The molecule has 13 heteroatoms. The number of hydrogen-bond acceptors (Lipinski definition) is 6. The minimum Gasteiger partial charge on any atom is -0.388 e. The fourth-order valence-corrected chi connectivity index (χ4v) is 4.69. The second-order valence-corrected chi connectivity index (χ2v) is 9.64. The molecule has 0 bridgehead atoms. The third-order valence-electron chi connectivity index (χ3n) is 6.93. The van der Waals surface area contributed by atoms with Crippen molar-refractivity contribution in [3.05, 3.63) is 70.9 Å². The van der Waals surface area contributed by atoms with E-state index in [0.29, 0.717) is 11.0 Å². The van der Waals surface area contributed by atoms with Gasteiger partial charge in [0.1, 0.15) is 17.8 Å². The van der Waals surface area contributed by atoms with Crippen LogP contribution in [0.5, 0.6) is 0 Å². The predicted molar refractivity (Wildman–Crippen MR) is 130 cm³/mol. The Morgan fingerprint density at radius 2 is 1.87 bits per heavy atom. The molecule has 1 amide bonds. The number of carbonyl (C=O) groups is 1. The van der Waals surface area contributed by atoms with Gasteiger partial charge in [0.15, 0.2) is 5.65 Å². The molecule has 4 heterocycles. The van der Waals surface area contributed by atoms with Crippen molar-refractivity contribution in [3.63, 3.8) is 0 Å². The van der Waals surface area contributed by atoms with Crippen LogP contribution in [0.15, 0.2) is 53.8 Å². The van der Waals surface area contributed by atoms with Crippen molar-refractivity contribution in [2.75, 3.05) is 13.1 Å². The van der Waals surface area contributed by atoms with Crippen LogP contribution in [-0.2, 0) is 11.3 Å². The van der Waals surface area contributed by atoms with Gasteiger partial charge in [-0.3, -0.25) is 18.8 Å². The van der Waals surface area contributed by atoms with Crippen molar-refractivity contribution in [2.24, 2.45) is 0 Å². The molecule has 1 atom stereocenters. The summed E-state index contributed by atoms with van der Waals surface area (Å²) in [5.74, 6) is -1.45. The number of alkyl halides is 2. The zero-order valence-electron chi connectivity index (χ0n) is 20.5. The van der Waals surface area contributed by atoms with Crippen molar-refractivity contribution >= 4 is 16.9 Å². The van der Waals surface area contributed by atoms with E-state index >= 15 is 0 Å². The summed E-state index contributed by atoms with van der Waals surface area (Å²) in [6.45, 7) is 2.17. The number of likely N-dealkylation sites (tertiary alicyclic amines) is 1. The second-order valence-electron chi connectivity index (χ2n) is 9.64. The molecule has 1 aromatic carbocycles. The van der Waals surface area contributed by atoms with Crippen LogP contribution >= 0.6 is 0 Å². The normalized spacial score (nSPS) is 16.3. The molecule has 0 spiro atoms. The summed E-state index contributed by atoms with van der Waals surface area (Å²) in [6.07, 6.45) is 0.692. The maximum Gasteiger partial charge on any atom is 0.264 e. The quantitative estimate of drug-likeness (QED) is 0.394. The van der Waals surface area contributed by atoms with Gasteiger partial charge in [-0.1, -0.05) is 17.7 Å². The summed E-state index contributed by atoms with van der Waals surface area (Å²) in [5.41, 5.74) is 0.594. The number of halogens is 3. The molecule has 3 aromatic heterocycles. The van der Waals surface area contributed by atoms with E-state index in [9.17, 15) is 27.9 Å². The van der Waals surface area contributed by atoms with E-state index in [1.807, 2.05) is 31.2 Å². The SMILES string of the molecule is Cc1ccc(-n2ncc3c(=O)n(CC4(O)CCN(C(=O)C[C@H](C(F)F)n5ccc(F)n5)CC4)cnc32)cc1. The summed E-state index contributed by atoms with van der Waals surface area (Å²) < 4.78 is 43.9. The van der Waals surface area contributed by atoms with Crippen LogP contribution in [0.2, 0.25) is 0 Å². The van der Waals surface area contributed by atoms with Gasteiger partial charge in [-0.15, -0.1) is 5.10 Å². The maximum atomic E-state index is 13.5. The molecular formula is C25H26F3N7O3. The first-order valence-corrected chi connectivity index (χ1v) is 12.1. The number of fused-ring (bicyclic) bond motifs is 1. The van der Waals surface area contributed by atoms with Crippen LogP contribution in [0.4, 0.5) is 13.2 Å². The summed E-state index contributed by atoms with van der Waals surface area (Å²) in [6, 6.07) is 6.98. The van der Waals surface area contributed by atoms with Crippen LogP contribution in [0.1, 0.15) is 30.9 Å². The van der Waals surface area contributed by atoms with Crippen molar-refractivity contribution in [1.82, 2.24) is 34.0 Å². The number of hydrogen-bond donors (Lipinski definition) is 1. The molecule has 0 saturated carbocycles. The molecule has 38 heavy (non-hydrogen) atoms. The highest BCUT2D eigenvalue weighted by molar-refractivity contribution is 5.77. The van der Waals surface area contributed by atoms with Gasteiger partial charge in [0.2, 0.25) is 11.9 Å². The van der Waals surface area contributed by atoms with Gasteiger partial charge in [0.05, 0.1) is 30.5 Å². The Labute approximate surface area is 214 Å². The monoisotopic (exact) mass is 529 g/mol. The Morgan fingerprint density at radius 1 is 1.16 bits per heavy atom. The van der Waals surface area contributed by atoms with Gasteiger partial charge < -0.3 is 10.0 Å². The van der Waals surface area contributed by atoms with E-state index in [2.05, 4.69) is 15.2 Å². The van der Waals surface area contributed by atoms with Crippen molar-refractivity contribution in [1.29, 1.82) is 0 Å². The minimum atomic E-state index is -2.91. The van der Waals surface area contributed by atoms with Crippen LogP contribution in [0, 0.1) is 12.9 Å². The maximum absolute atomic E-state index is 13.5. The molecule has 1 N–H and O–H groups in total. The highest BCUT2D eigenvalue weighted by Gasteiger charge is 2.36. The third kappa shape index (κ3) is 5.05. The largest absolute Gasteiger partial charge is 0.388 e. The number of nitrogens with zero attached hydrogens (tertiary/aromatic N) is 7. The standard InChI is InChI=1S/C25H26F3N7O3/c1-16-2-4-17(5-3-16)35-23-18(13-30-35)24(37)33(15-29-23)14-25(38)7-10-32(11-8-25)21(36)12-19(22(27)28)34-9-6-20(26)31-34/h2-6,9,13,15,19,22,38H,7-8,10-12,14H2,1H3/t19-/m1/s1. The summed E-state index contributed by atoms with van der Waals surface area (Å²) in [4.78, 5) is 31.6. The second kappa shape index (κ2) is 10.0. The lowest BCUT2D eigenvalue weighted by Gasteiger charge is -2.38. The van der Waals surface area contributed by atoms with E-state index in [1.165, 1.54) is 22.0 Å². The number of amides is 1. The number of rotatable bonds is 7. The van der Waals surface area contributed by atoms with Gasteiger partial charge in [0, 0.05) is 25.4 Å². The average Bonchev–Trinajstić information content (AvgIpc) is 3.51. The molecule has 4 aromatic rings. The van der Waals surface area contributed by atoms with Gasteiger partial charge in [-0.25, -0.2) is 18.4 Å². The average molecular weight is 530 g/mol. The van der Waals surface area contributed by atoms with Gasteiger partial charge in [0.25, 0.3) is 12.0 Å². The zero-order chi connectivity index (χ0) is 27.0. The first kappa shape index (κ1) is 25.6. The summed E-state index contributed by atoms with van der Waals surface area (Å²) in [5, 5.41) is 19.1. The highest BCUT2D eigenvalue weighted by atomic mass is 19.3. The zero-order valence-corrected chi connectivity index (χ0v) is 20.5. The Kier molecular flexibility index (Phi) is 6.78. The molecule has 1 saturated heterocycles. The molecule has 10 nitrogen and oxygen atoms in total. The van der Waals surface area contributed by atoms with Crippen molar-refractivity contribution in [3.8, 4) is 5.69 Å². The van der Waals surface area contributed by atoms with E-state index in [1.54, 1.807) is 4.68 Å². The molecule has 0 unspecified atom stereocenters. The third-order valence-corrected chi connectivity index (χ3v) is 6.93. The van der Waals surface area contributed by atoms with Crippen LogP contribution in [-0.4, -0.2) is 70.1 Å². The number of carbonyl (C=O) groups excluding carboxylic acids is 1. The van der Waals surface area contributed by atoms with E-state index in [-0.39, 0.29) is 38.0 Å². The van der Waals surface area contributed by atoms with E-state index in [4.69, 9.17) is 0 Å². The van der Waals surface area contributed by atoms with Gasteiger partial charge in [-0.05, 0) is 31.9 Å². The number of piperidine rings is 1. The Hall–Kier alpha value is -4.00. The van der Waals surface area contributed by atoms with Crippen LogP contribution in [0.3, 0.4) is 0 Å². The Balaban J connectivity index is 1.25. The van der Waals surface area contributed by atoms with E-state index < -0.39 is 36.3 Å². The fraction of sp³-hybridized carbons (Fsp3) is 0.400. The molecule has 0 radical (unpaired) electrons. The lowest BCUT2D eigenvalue weighted by molar-refractivity contribution is -0.138. The first-order valence-electron chi connectivity index (χ1n) is 12.1. The topological polar surface area (TPSA) is 111 Å². The van der Waals surface area contributed by atoms with Crippen molar-refractivity contribution < 1.29 is 23.1 Å². The Bertz CT molecular complexity index is 1500. The molecule has 200 valence electrons. The number of aliphatic hydroxyl groups is 1. The minimum absolute atomic E-state index is 0.0429.